The molecule has 0 radical (unpaired) electrons. The zero-order valence-corrected chi connectivity index (χ0v) is 12.5. The van der Waals surface area contributed by atoms with E-state index in [-0.39, 0.29) is 12.2 Å². The van der Waals surface area contributed by atoms with E-state index in [1.807, 2.05) is 44.2 Å². The molecule has 0 aromatic heterocycles. The maximum absolute atomic E-state index is 5.90. The van der Waals surface area contributed by atoms with Gasteiger partial charge in [-0.2, -0.15) is 0 Å². The van der Waals surface area contributed by atoms with E-state index in [1.54, 1.807) is 0 Å². The normalized spacial score (nSPS) is 27.4. The van der Waals surface area contributed by atoms with Gasteiger partial charge in [0.05, 0.1) is 6.10 Å². The fourth-order valence-corrected chi connectivity index (χ4v) is 2.59. The molecule has 1 fully saturated rings. The lowest BCUT2D eigenvalue weighted by molar-refractivity contribution is -0.147. The number of hydrogen-bond donors (Lipinski definition) is 0. The van der Waals surface area contributed by atoms with Crippen molar-refractivity contribution in [1.82, 2.24) is 0 Å². The van der Waals surface area contributed by atoms with Gasteiger partial charge < -0.3 is 9.47 Å². The average Bonchev–Trinajstić information content (AvgIpc) is 2.52. The summed E-state index contributed by atoms with van der Waals surface area (Å²) in [6.07, 6.45) is -0.188. The zero-order chi connectivity index (χ0) is 13.4. The van der Waals surface area contributed by atoms with E-state index in [0.717, 1.165) is 5.56 Å². The highest BCUT2D eigenvalue weighted by atomic mass is 35.6. The second-order valence-corrected chi connectivity index (χ2v) is 7.34. The third kappa shape index (κ3) is 3.75. The number of hydrogen-bond acceptors (Lipinski definition) is 2. The lowest BCUT2D eigenvalue weighted by atomic mass is 10.0. The molecule has 1 aliphatic heterocycles. The standard InChI is InChI=1S/C13H15Cl3O2/c1-12(2)17-10(8-13(14,15)16)11(18-12)9-6-4-3-5-7-9/h3-7,10-11H,8H2,1-2H3/t10-,11-/m0/s1. The number of ether oxygens (including phenoxy) is 2. The van der Waals surface area contributed by atoms with Crippen molar-refractivity contribution in [3.63, 3.8) is 0 Å². The highest BCUT2D eigenvalue weighted by Crippen LogP contribution is 2.44. The van der Waals surface area contributed by atoms with E-state index in [0.29, 0.717) is 6.42 Å². The molecule has 1 aromatic carbocycles. The Morgan fingerprint density at radius 2 is 1.72 bits per heavy atom. The third-order valence-electron chi connectivity index (χ3n) is 2.74. The van der Waals surface area contributed by atoms with E-state index in [9.17, 15) is 0 Å². The van der Waals surface area contributed by atoms with Crippen molar-refractivity contribution >= 4 is 34.8 Å². The van der Waals surface area contributed by atoms with E-state index in [1.165, 1.54) is 0 Å². The molecule has 18 heavy (non-hydrogen) atoms. The third-order valence-corrected chi connectivity index (χ3v) is 3.21. The molecule has 0 saturated carbocycles. The van der Waals surface area contributed by atoms with Crippen LogP contribution in [-0.4, -0.2) is 15.7 Å². The zero-order valence-electron chi connectivity index (χ0n) is 10.2. The summed E-state index contributed by atoms with van der Waals surface area (Å²) in [6, 6.07) is 9.84. The van der Waals surface area contributed by atoms with Crippen LogP contribution in [0.4, 0.5) is 0 Å². The molecule has 2 rings (SSSR count). The van der Waals surface area contributed by atoms with Crippen molar-refractivity contribution in [3.05, 3.63) is 35.9 Å². The van der Waals surface area contributed by atoms with Crippen LogP contribution in [0.3, 0.4) is 0 Å². The largest absolute Gasteiger partial charge is 0.344 e. The Labute approximate surface area is 122 Å². The van der Waals surface area contributed by atoms with Gasteiger partial charge in [0, 0.05) is 6.42 Å². The molecule has 5 heteroatoms. The average molecular weight is 310 g/mol. The predicted octanol–water partition coefficient (Wildman–Crippen LogP) is 4.64. The second-order valence-electron chi connectivity index (χ2n) is 4.82. The molecular formula is C13H15Cl3O2. The van der Waals surface area contributed by atoms with Crippen LogP contribution in [0, 0.1) is 0 Å². The monoisotopic (exact) mass is 308 g/mol. The Kier molecular flexibility index (Phi) is 4.15. The molecule has 100 valence electrons. The van der Waals surface area contributed by atoms with Gasteiger partial charge in [0.15, 0.2) is 9.58 Å². The quantitative estimate of drug-likeness (QED) is 0.741. The Morgan fingerprint density at radius 1 is 1.11 bits per heavy atom. The van der Waals surface area contributed by atoms with Crippen molar-refractivity contribution in [1.29, 1.82) is 0 Å². The number of benzene rings is 1. The van der Waals surface area contributed by atoms with Gasteiger partial charge in [-0.25, -0.2) is 0 Å². The van der Waals surface area contributed by atoms with E-state index < -0.39 is 9.58 Å². The van der Waals surface area contributed by atoms with Gasteiger partial charge in [-0.1, -0.05) is 65.1 Å². The first-order chi connectivity index (χ1) is 8.27. The Bertz CT molecular complexity index is 400. The van der Waals surface area contributed by atoms with Crippen LogP contribution < -0.4 is 0 Å². The SMILES string of the molecule is CC1(C)O[C@@H](CC(Cl)(Cl)Cl)[C@H](c2ccccc2)O1. The second kappa shape index (κ2) is 5.18. The first-order valence-electron chi connectivity index (χ1n) is 5.74. The maximum Gasteiger partial charge on any atom is 0.193 e. The summed E-state index contributed by atoms with van der Waals surface area (Å²) in [7, 11) is 0. The molecule has 0 bridgehead atoms. The fraction of sp³-hybridized carbons (Fsp3) is 0.538. The Hall–Kier alpha value is 0.01000. The van der Waals surface area contributed by atoms with Crippen LogP contribution in [0.2, 0.25) is 0 Å². The Balaban J connectivity index is 2.21. The molecule has 1 aromatic rings. The summed E-state index contributed by atoms with van der Waals surface area (Å²) in [5.41, 5.74) is 1.03. The van der Waals surface area contributed by atoms with Crippen LogP contribution in [0.1, 0.15) is 31.9 Å². The van der Waals surface area contributed by atoms with Crippen LogP contribution in [0.15, 0.2) is 30.3 Å². The fourth-order valence-electron chi connectivity index (χ4n) is 2.14. The van der Waals surface area contributed by atoms with Gasteiger partial charge in [-0.05, 0) is 19.4 Å². The highest BCUT2D eigenvalue weighted by Gasteiger charge is 2.44. The van der Waals surface area contributed by atoms with Crippen molar-refractivity contribution in [2.75, 3.05) is 0 Å². The summed E-state index contributed by atoms with van der Waals surface area (Å²) in [5.74, 6) is -0.666. The van der Waals surface area contributed by atoms with Crippen molar-refractivity contribution in [2.45, 2.75) is 42.1 Å². The number of rotatable bonds is 2. The first-order valence-corrected chi connectivity index (χ1v) is 6.87. The summed E-state index contributed by atoms with van der Waals surface area (Å²) >= 11 is 17.6. The van der Waals surface area contributed by atoms with Gasteiger partial charge >= 0.3 is 0 Å². The van der Waals surface area contributed by atoms with Gasteiger partial charge in [-0.3, -0.25) is 0 Å². The topological polar surface area (TPSA) is 18.5 Å². The molecule has 0 N–H and O–H groups in total. The summed E-state index contributed by atoms with van der Waals surface area (Å²) < 4.78 is 10.4. The molecule has 0 amide bonds. The summed E-state index contributed by atoms with van der Waals surface area (Å²) in [5, 5.41) is 0. The molecule has 1 aliphatic rings. The van der Waals surface area contributed by atoms with Crippen LogP contribution >= 0.6 is 34.8 Å². The van der Waals surface area contributed by atoms with Crippen LogP contribution in [0.25, 0.3) is 0 Å². The van der Waals surface area contributed by atoms with Crippen molar-refractivity contribution < 1.29 is 9.47 Å². The predicted molar refractivity (Wildman–Crippen MR) is 74.1 cm³/mol. The van der Waals surface area contributed by atoms with Gasteiger partial charge in [-0.15, -0.1) is 0 Å². The maximum atomic E-state index is 5.90. The highest BCUT2D eigenvalue weighted by molar-refractivity contribution is 6.67. The molecule has 2 atom stereocenters. The lowest BCUT2D eigenvalue weighted by Gasteiger charge is -2.20. The lowest BCUT2D eigenvalue weighted by Crippen LogP contribution is -2.24. The van der Waals surface area contributed by atoms with Gasteiger partial charge in [0.25, 0.3) is 0 Å². The summed E-state index contributed by atoms with van der Waals surface area (Å²) in [6.45, 7) is 3.72. The van der Waals surface area contributed by atoms with Crippen LogP contribution in [0.5, 0.6) is 0 Å². The molecule has 0 aliphatic carbocycles. The molecule has 2 nitrogen and oxygen atoms in total. The van der Waals surface area contributed by atoms with E-state index in [4.69, 9.17) is 44.3 Å². The minimum Gasteiger partial charge on any atom is -0.344 e. The smallest absolute Gasteiger partial charge is 0.193 e. The first kappa shape index (κ1) is 14.4. The van der Waals surface area contributed by atoms with Crippen LogP contribution in [-0.2, 0) is 9.47 Å². The summed E-state index contributed by atoms with van der Waals surface area (Å²) in [4.78, 5) is 0. The number of halogens is 3. The molecule has 1 heterocycles. The van der Waals surface area contributed by atoms with Crippen molar-refractivity contribution in [3.8, 4) is 0 Å². The molecule has 1 saturated heterocycles. The van der Waals surface area contributed by atoms with E-state index >= 15 is 0 Å². The molecule has 0 unspecified atom stereocenters. The van der Waals surface area contributed by atoms with Gasteiger partial charge in [0.1, 0.15) is 6.10 Å². The van der Waals surface area contributed by atoms with E-state index in [2.05, 4.69) is 0 Å². The minimum absolute atomic E-state index is 0.211. The Morgan fingerprint density at radius 3 is 2.28 bits per heavy atom. The number of alkyl halides is 3. The molecular weight excluding hydrogens is 295 g/mol. The van der Waals surface area contributed by atoms with Crippen molar-refractivity contribution in [2.24, 2.45) is 0 Å². The van der Waals surface area contributed by atoms with Gasteiger partial charge in [0.2, 0.25) is 0 Å². The molecule has 0 spiro atoms. The minimum atomic E-state index is -1.35.